The molecule has 2 N–H and O–H groups in total. The molecule has 0 bridgehead atoms. The van der Waals surface area contributed by atoms with E-state index in [1.165, 1.54) is 6.21 Å². The van der Waals surface area contributed by atoms with Crippen LogP contribution in [0.2, 0.25) is 0 Å². The zero-order valence-electron chi connectivity index (χ0n) is 4.85. The van der Waals surface area contributed by atoms with Crippen LogP contribution < -0.4 is 5.32 Å². The Kier molecular flexibility index (Phi) is 2.00. The molecule has 1 aliphatic heterocycles. The van der Waals surface area contributed by atoms with Crippen LogP contribution in [0.25, 0.3) is 0 Å². The molecule has 46 valence electrons. The molecule has 0 aromatic rings. The average molecular weight is 113 g/mol. The molecule has 1 rings (SSSR count). The standard InChI is InChI=1S/C5H11N3/c6-1-3-8-4-2-7-5-8/h1,6-7H,2-5H2. The highest BCUT2D eigenvalue weighted by molar-refractivity contribution is 5.55. The van der Waals surface area contributed by atoms with E-state index in [0.717, 1.165) is 26.3 Å². The van der Waals surface area contributed by atoms with Gasteiger partial charge in [-0.05, 0) is 0 Å². The molecular formula is C5H11N3. The highest BCUT2D eigenvalue weighted by atomic mass is 15.3. The summed E-state index contributed by atoms with van der Waals surface area (Å²) in [6.07, 6.45) is 1.44. The third-order valence-electron chi connectivity index (χ3n) is 1.29. The lowest BCUT2D eigenvalue weighted by atomic mass is 10.6. The van der Waals surface area contributed by atoms with Crippen molar-refractivity contribution < 1.29 is 0 Å². The normalized spacial score (nSPS) is 21.5. The fraction of sp³-hybridized carbons (Fsp3) is 0.800. The van der Waals surface area contributed by atoms with Crippen molar-refractivity contribution in [3.8, 4) is 0 Å². The number of nitrogens with one attached hydrogen (secondary N) is 2. The molecule has 0 aliphatic carbocycles. The molecule has 0 amide bonds. The first kappa shape index (κ1) is 5.72. The first-order chi connectivity index (χ1) is 3.93. The monoisotopic (exact) mass is 113 g/mol. The van der Waals surface area contributed by atoms with E-state index >= 15 is 0 Å². The van der Waals surface area contributed by atoms with Crippen LogP contribution in [0.5, 0.6) is 0 Å². The molecule has 0 aromatic carbocycles. The quantitative estimate of drug-likeness (QED) is 0.474. The lowest BCUT2D eigenvalue weighted by molar-refractivity contribution is 0.386. The smallest absolute Gasteiger partial charge is 0.0485 e. The van der Waals surface area contributed by atoms with Crippen molar-refractivity contribution in [3.05, 3.63) is 0 Å². The highest BCUT2D eigenvalue weighted by Crippen LogP contribution is 1.87. The van der Waals surface area contributed by atoms with Gasteiger partial charge in [-0.15, -0.1) is 0 Å². The predicted octanol–water partition coefficient (Wildman–Crippen LogP) is -0.501. The van der Waals surface area contributed by atoms with Crippen LogP contribution in [0.1, 0.15) is 0 Å². The van der Waals surface area contributed by atoms with Gasteiger partial charge >= 0.3 is 0 Å². The van der Waals surface area contributed by atoms with Gasteiger partial charge < -0.3 is 10.7 Å². The molecule has 8 heavy (non-hydrogen) atoms. The molecule has 0 aromatic heterocycles. The van der Waals surface area contributed by atoms with Crippen molar-refractivity contribution in [1.82, 2.24) is 10.2 Å². The minimum Gasteiger partial charge on any atom is -0.312 e. The Morgan fingerprint density at radius 3 is 3.12 bits per heavy atom. The third kappa shape index (κ3) is 1.28. The maximum atomic E-state index is 6.77. The second-order valence-electron chi connectivity index (χ2n) is 1.94. The number of hydrogen-bond donors (Lipinski definition) is 2. The Hall–Kier alpha value is -0.410. The van der Waals surface area contributed by atoms with Crippen LogP contribution in [0.15, 0.2) is 0 Å². The largest absolute Gasteiger partial charge is 0.312 e. The van der Waals surface area contributed by atoms with E-state index in [4.69, 9.17) is 5.41 Å². The molecule has 3 heteroatoms. The summed E-state index contributed by atoms with van der Waals surface area (Å²) in [5, 5.41) is 9.95. The third-order valence-corrected chi connectivity index (χ3v) is 1.29. The van der Waals surface area contributed by atoms with Gasteiger partial charge in [-0.2, -0.15) is 0 Å². The summed E-state index contributed by atoms with van der Waals surface area (Å²) < 4.78 is 0. The maximum Gasteiger partial charge on any atom is 0.0485 e. The van der Waals surface area contributed by atoms with Crippen molar-refractivity contribution >= 4 is 6.21 Å². The van der Waals surface area contributed by atoms with Gasteiger partial charge in [0.15, 0.2) is 0 Å². The molecule has 0 spiro atoms. The van der Waals surface area contributed by atoms with Crippen molar-refractivity contribution in [2.24, 2.45) is 0 Å². The van der Waals surface area contributed by atoms with Crippen LogP contribution in [0, 0.1) is 5.41 Å². The lowest BCUT2D eigenvalue weighted by Crippen LogP contribution is -2.23. The number of hydrogen-bond acceptors (Lipinski definition) is 3. The Bertz CT molecular complexity index is 75.7. The summed E-state index contributed by atoms with van der Waals surface area (Å²) in [4.78, 5) is 2.19. The molecular weight excluding hydrogens is 102 g/mol. The van der Waals surface area contributed by atoms with Crippen LogP contribution in [0.4, 0.5) is 0 Å². The first-order valence-electron chi connectivity index (χ1n) is 2.85. The van der Waals surface area contributed by atoms with Gasteiger partial charge in [0.05, 0.1) is 0 Å². The average Bonchev–Trinajstić information content (AvgIpc) is 2.19. The van der Waals surface area contributed by atoms with Crippen LogP contribution in [-0.2, 0) is 0 Å². The number of nitrogens with zero attached hydrogens (tertiary/aromatic N) is 1. The molecule has 0 radical (unpaired) electrons. The molecule has 1 saturated heterocycles. The van der Waals surface area contributed by atoms with Gasteiger partial charge in [0.1, 0.15) is 0 Å². The minimum absolute atomic E-state index is 0.799. The molecule has 1 aliphatic rings. The fourth-order valence-corrected chi connectivity index (χ4v) is 0.838. The Balaban J connectivity index is 2.14. The maximum absolute atomic E-state index is 6.77. The van der Waals surface area contributed by atoms with E-state index in [0.29, 0.717) is 0 Å². The van der Waals surface area contributed by atoms with E-state index in [1.54, 1.807) is 0 Å². The minimum atomic E-state index is 0.799. The zero-order valence-corrected chi connectivity index (χ0v) is 4.85. The Morgan fingerprint density at radius 1 is 1.75 bits per heavy atom. The predicted molar refractivity (Wildman–Crippen MR) is 33.2 cm³/mol. The van der Waals surface area contributed by atoms with Crippen molar-refractivity contribution in [3.63, 3.8) is 0 Å². The SMILES string of the molecule is N=CCN1CCNC1. The second-order valence-corrected chi connectivity index (χ2v) is 1.94. The van der Waals surface area contributed by atoms with Gasteiger partial charge in [0.2, 0.25) is 0 Å². The highest BCUT2D eigenvalue weighted by Gasteiger charge is 2.06. The van der Waals surface area contributed by atoms with Crippen LogP contribution >= 0.6 is 0 Å². The van der Waals surface area contributed by atoms with Crippen molar-refractivity contribution in [2.45, 2.75) is 0 Å². The topological polar surface area (TPSA) is 39.1 Å². The van der Waals surface area contributed by atoms with E-state index < -0.39 is 0 Å². The second kappa shape index (κ2) is 2.79. The van der Waals surface area contributed by atoms with E-state index in [2.05, 4.69) is 10.2 Å². The summed E-state index contributed by atoms with van der Waals surface area (Å²) in [5.41, 5.74) is 0. The van der Waals surface area contributed by atoms with Crippen molar-refractivity contribution in [1.29, 1.82) is 5.41 Å². The molecule has 1 fully saturated rings. The van der Waals surface area contributed by atoms with Crippen molar-refractivity contribution in [2.75, 3.05) is 26.3 Å². The van der Waals surface area contributed by atoms with E-state index in [9.17, 15) is 0 Å². The fourth-order valence-electron chi connectivity index (χ4n) is 0.838. The summed E-state index contributed by atoms with van der Waals surface area (Å²) in [5.74, 6) is 0. The van der Waals surface area contributed by atoms with E-state index in [-0.39, 0.29) is 0 Å². The summed E-state index contributed by atoms with van der Waals surface area (Å²) in [7, 11) is 0. The van der Waals surface area contributed by atoms with Gasteiger partial charge in [-0.25, -0.2) is 0 Å². The van der Waals surface area contributed by atoms with Gasteiger partial charge in [-0.3, -0.25) is 4.90 Å². The van der Waals surface area contributed by atoms with Crippen LogP contribution in [0.3, 0.4) is 0 Å². The van der Waals surface area contributed by atoms with Gasteiger partial charge in [0.25, 0.3) is 0 Å². The van der Waals surface area contributed by atoms with Crippen LogP contribution in [-0.4, -0.2) is 37.4 Å². The summed E-state index contributed by atoms with van der Waals surface area (Å²) >= 11 is 0. The van der Waals surface area contributed by atoms with Gasteiger partial charge in [-0.1, -0.05) is 0 Å². The number of rotatable bonds is 2. The molecule has 0 atom stereocenters. The summed E-state index contributed by atoms with van der Waals surface area (Å²) in [6, 6.07) is 0. The first-order valence-corrected chi connectivity index (χ1v) is 2.85. The zero-order chi connectivity index (χ0) is 5.82. The van der Waals surface area contributed by atoms with E-state index in [1.807, 2.05) is 0 Å². The Labute approximate surface area is 49.2 Å². The molecule has 0 saturated carbocycles. The molecule has 0 unspecified atom stereocenters. The summed E-state index contributed by atoms with van der Waals surface area (Å²) in [6.45, 7) is 3.92. The molecule has 3 nitrogen and oxygen atoms in total. The lowest BCUT2D eigenvalue weighted by Gasteiger charge is -2.07. The van der Waals surface area contributed by atoms with Gasteiger partial charge in [0, 0.05) is 32.5 Å². The Morgan fingerprint density at radius 2 is 2.62 bits per heavy atom. The molecule has 1 heterocycles.